The van der Waals surface area contributed by atoms with Gasteiger partial charge in [0.15, 0.2) is 0 Å². The summed E-state index contributed by atoms with van der Waals surface area (Å²) < 4.78 is 37.3. The summed E-state index contributed by atoms with van der Waals surface area (Å²) in [6, 6.07) is 4.07. The number of hydrogen-bond acceptors (Lipinski definition) is 0. The lowest BCUT2D eigenvalue weighted by molar-refractivity contribution is 0.146. The fourth-order valence-corrected chi connectivity index (χ4v) is 1.04. The minimum atomic E-state index is -2.73. The molecular weight excluding hydrogens is 165 g/mol. The second-order valence-electron chi connectivity index (χ2n) is 2.47. The summed E-state index contributed by atoms with van der Waals surface area (Å²) in [5.41, 5.74) is -0.165. The Morgan fingerprint density at radius 1 is 1.33 bits per heavy atom. The molecule has 0 spiro atoms. The Labute approximate surface area is 69.0 Å². The van der Waals surface area contributed by atoms with Gasteiger partial charge in [-0.3, -0.25) is 0 Å². The van der Waals surface area contributed by atoms with Gasteiger partial charge in [-0.1, -0.05) is 25.1 Å². The predicted molar refractivity (Wildman–Crippen MR) is 40.7 cm³/mol. The van der Waals surface area contributed by atoms with Gasteiger partial charge < -0.3 is 0 Å². The van der Waals surface area contributed by atoms with Gasteiger partial charge in [0, 0.05) is 0 Å². The van der Waals surface area contributed by atoms with E-state index in [9.17, 15) is 13.2 Å². The molecule has 0 N–H and O–H groups in total. The van der Waals surface area contributed by atoms with Crippen molar-refractivity contribution in [3.8, 4) is 0 Å². The van der Waals surface area contributed by atoms with Gasteiger partial charge in [0.2, 0.25) is 0 Å². The van der Waals surface area contributed by atoms with Crippen molar-refractivity contribution in [3.05, 3.63) is 35.1 Å². The maximum Gasteiger partial charge on any atom is 0.266 e. The Bertz CT molecular complexity index is 268. The minimum absolute atomic E-state index is 0.341. The highest BCUT2D eigenvalue weighted by atomic mass is 19.3. The van der Waals surface area contributed by atoms with Crippen LogP contribution in [0.5, 0.6) is 0 Å². The van der Waals surface area contributed by atoms with Gasteiger partial charge in [-0.2, -0.15) is 0 Å². The first-order valence-corrected chi connectivity index (χ1v) is 3.72. The second-order valence-corrected chi connectivity index (χ2v) is 2.47. The van der Waals surface area contributed by atoms with Gasteiger partial charge in [0.05, 0.1) is 5.56 Å². The van der Waals surface area contributed by atoms with Crippen molar-refractivity contribution in [1.82, 2.24) is 0 Å². The molecule has 0 saturated carbocycles. The highest BCUT2D eigenvalue weighted by molar-refractivity contribution is 5.26. The molecule has 0 nitrogen and oxygen atoms in total. The number of alkyl halides is 2. The van der Waals surface area contributed by atoms with Gasteiger partial charge >= 0.3 is 0 Å². The smallest absolute Gasteiger partial charge is 0.206 e. The number of halogens is 3. The summed E-state index contributed by atoms with van der Waals surface area (Å²) in [5, 5.41) is 0. The quantitative estimate of drug-likeness (QED) is 0.645. The van der Waals surface area contributed by atoms with Crippen molar-refractivity contribution in [3.63, 3.8) is 0 Å². The molecule has 1 aromatic rings. The zero-order valence-electron chi connectivity index (χ0n) is 6.65. The average molecular weight is 174 g/mol. The lowest BCUT2D eigenvalue weighted by Crippen LogP contribution is -1.95. The summed E-state index contributed by atoms with van der Waals surface area (Å²) in [7, 11) is 0. The highest BCUT2D eigenvalue weighted by Gasteiger charge is 2.14. The number of hydrogen-bond donors (Lipinski definition) is 0. The molecule has 0 aromatic heterocycles. The van der Waals surface area contributed by atoms with Gasteiger partial charge in [0.1, 0.15) is 5.82 Å². The molecule has 66 valence electrons. The van der Waals surface area contributed by atoms with Crippen LogP contribution in [-0.2, 0) is 6.42 Å². The largest absolute Gasteiger partial charge is 0.266 e. The molecule has 0 amide bonds. The van der Waals surface area contributed by atoms with E-state index in [0.29, 0.717) is 12.0 Å². The Hall–Kier alpha value is -0.990. The summed E-state index contributed by atoms with van der Waals surface area (Å²) in [4.78, 5) is 0. The van der Waals surface area contributed by atoms with Crippen molar-refractivity contribution in [2.75, 3.05) is 0 Å². The lowest BCUT2D eigenvalue weighted by atomic mass is 10.1. The molecule has 0 bridgehead atoms. The first kappa shape index (κ1) is 9.10. The number of aryl methyl sites for hydroxylation is 1. The standard InChI is InChI=1S/C9H9F3/c1-2-6-4-3-5-7(8(6)10)9(11)12/h3-5,9H,2H2,1H3. The normalized spacial score (nSPS) is 10.8. The predicted octanol–water partition coefficient (Wildman–Crippen LogP) is 3.33. The lowest BCUT2D eigenvalue weighted by Gasteiger charge is -2.04. The van der Waals surface area contributed by atoms with Crippen LogP contribution in [0.25, 0.3) is 0 Å². The molecule has 0 saturated heterocycles. The molecule has 0 atom stereocenters. The molecule has 0 aliphatic heterocycles. The van der Waals surface area contributed by atoms with Gasteiger partial charge in [0.25, 0.3) is 6.43 Å². The first-order valence-electron chi connectivity index (χ1n) is 3.72. The van der Waals surface area contributed by atoms with Crippen LogP contribution in [0.2, 0.25) is 0 Å². The third kappa shape index (κ3) is 1.60. The summed E-state index contributed by atoms with van der Waals surface area (Å²) in [6.45, 7) is 1.73. The molecule has 3 heteroatoms. The van der Waals surface area contributed by atoms with E-state index in [1.54, 1.807) is 6.92 Å². The topological polar surface area (TPSA) is 0 Å². The van der Waals surface area contributed by atoms with E-state index in [0.717, 1.165) is 6.07 Å². The maximum absolute atomic E-state index is 13.0. The van der Waals surface area contributed by atoms with Gasteiger partial charge in [-0.15, -0.1) is 0 Å². The molecule has 12 heavy (non-hydrogen) atoms. The van der Waals surface area contributed by atoms with E-state index < -0.39 is 17.8 Å². The Morgan fingerprint density at radius 3 is 2.50 bits per heavy atom. The maximum atomic E-state index is 13.0. The first-order chi connectivity index (χ1) is 5.66. The summed E-state index contributed by atoms with van der Waals surface area (Å²) in [5.74, 6) is -0.769. The summed E-state index contributed by atoms with van der Waals surface area (Å²) in [6.07, 6.45) is -2.29. The highest BCUT2D eigenvalue weighted by Crippen LogP contribution is 2.23. The van der Waals surface area contributed by atoms with Gasteiger partial charge in [-0.25, -0.2) is 13.2 Å². The van der Waals surface area contributed by atoms with Crippen LogP contribution in [0.3, 0.4) is 0 Å². The summed E-state index contributed by atoms with van der Waals surface area (Å²) >= 11 is 0. The van der Waals surface area contributed by atoms with E-state index in [4.69, 9.17) is 0 Å². The number of benzene rings is 1. The molecule has 0 fully saturated rings. The molecular formula is C9H9F3. The van der Waals surface area contributed by atoms with E-state index >= 15 is 0 Å². The molecule has 0 aliphatic carbocycles. The molecule has 0 aliphatic rings. The van der Waals surface area contributed by atoms with Crippen molar-refractivity contribution >= 4 is 0 Å². The zero-order chi connectivity index (χ0) is 9.14. The number of rotatable bonds is 2. The fourth-order valence-electron chi connectivity index (χ4n) is 1.04. The third-order valence-corrected chi connectivity index (χ3v) is 1.72. The average Bonchev–Trinajstić information content (AvgIpc) is 2.04. The van der Waals surface area contributed by atoms with E-state index in [1.165, 1.54) is 12.1 Å². The molecule has 0 radical (unpaired) electrons. The van der Waals surface area contributed by atoms with Crippen molar-refractivity contribution in [2.45, 2.75) is 19.8 Å². The molecule has 1 rings (SSSR count). The van der Waals surface area contributed by atoms with Crippen LogP contribution in [-0.4, -0.2) is 0 Å². The third-order valence-electron chi connectivity index (χ3n) is 1.72. The SMILES string of the molecule is CCc1cccc(C(F)F)c1F. The monoisotopic (exact) mass is 174 g/mol. The Balaban J connectivity index is 3.14. The van der Waals surface area contributed by atoms with Crippen LogP contribution >= 0.6 is 0 Å². The van der Waals surface area contributed by atoms with Crippen molar-refractivity contribution < 1.29 is 13.2 Å². The van der Waals surface area contributed by atoms with Crippen molar-refractivity contribution in [1.29, 1.82) is 0 Å². The van der Waals surface area contributed by atoms with E-state index in [2.05, 4.69) is 0 Å². The van der Waals surface area contributed by atoms with Crippen LogP contribution < -0.4 is 0 Å². The fraction of sp³-hybridized carbons (Fsp3) is 0.333. The molecule has 0 unspecified atom stereocenters. The van der Waals surface area contributed by atoms with Crippen LogP contribution in [0, 0.1) is 5.82 Å². The van der Waals surface area contributed by atoms with Crippen LogP contribution in [0.15, 0.2) is 18.2 Å². The Kier molecular flexibility index (Phi) is 2.74. The molecule has 1 aromatic carbocycles. The Morgan fingerprint density at radius 2 is 2.00 bits per heavy atom. The second kappa shape index (κ2) is 3.61. The van der Waals surface area contributed by atoms with E-state index in [-0.39, 0.29) is 0 Å². The van der Waals surface area contributed by atoms with Crippen molar-refractivity contribution in [2.24, 2.45) is 0 Å². The van der Waals surface area contributed by atoms with Crippen LogP contribution in [0.4, 0.5) is 13.2 Å². The van der Waals surface area contributed by atoms with Gasteiger partial charge in [-0.05, 0) is 12.0 Å². The molecule has 0 heterocycles. The minimum Gasteiger partial charge on any atom is -0.206 e. The van der Waals surface area contributed by atoms with E-state index in [1.807, 2.05) is 0 Å². The van der Waals surface area contributed by atoms with Crippen LogP contribution in [0.1, 0.15) is 24.5 Å². The zero-order valence-corrected chi connectivity index (χ0v) is 6.65.